The third-order valence-corrected chi connectivity index (χ3v) is 14.3. The average Bonchev–Trinajstić information content (AvgIpc) is 1.87. The van der Waals surface area contributed by atoms with Gasteiger partial charge in [-0.25, -0.2) is 4.98 Å². The van der Waals surface area contributed by atoms with Crippen molar-refractivity contribution in [2.75, 3.05) is 13.2 Å². The molecule has 0 fully saturated rings. The van der Waals surface area contributed by atoms with Crippen molar-refractivity contribution in [1.82, 2.24) is 68.1 Å². The van der Waals surface area contributed by atoms with Crippen LogP contribution in [0.1, 0.15) is 76.3 Å². The van der Waals surface area contributed by atoms with Gasteiger partial charge in [0.05, 0.1) is 25.1 Å². The molecule has 19 N–H and O–H groups in total. The van der Waals surface area contributed by atoms with Crippen LogP contribution < -0.4 is 58.9 Å². The largest absolute Gasteiger partial charge is 0.508 e. The van der Waals surface area contributed by atoms with E-state index in [1.807, 2.05) is 0 Å². The molecule has 0 unspecified atom stereocenters. The van der Waals surface area contributed by atoms with E-state index in [1.54, 1.807) is 60.8 Å². The minimum Gasteiger partial charge on any atom is -0.508 e. The Balaban J connectivity index is 1.37. The topological polar surface area (TPSA) is 480 Å². The number of phenolic OH excluding ortho intramolecular Hbond substituents is 1. The highest BCUT2D eigenvalue weighted by Crippen LogP contribution is 2.20. The molecule has 12 atom stereocenters. The summed E-state index contributed by atoms with van der Waals surface area (Å²) in [5.74, 6) is -10.9. The van der Waals surface area contributed by atoms with E-state index in [4.69, 9.17) is 5.73 Å². The number of aliphatic carboxylic acids is 1. The van der Waals surface area contributed by atoms with Crippen molar-refractivity contribution in [3.8, 4) is 5.75 Å². The number of para-hydroxylation sites is 1. The number of unbranched alkanes of at least 4 members (excludes halogenated alkanes) is 1. The van der Waals surface area contributed by atoms with E-state index < -0.39 is 144 Å². The van der Waals surface area contributed by atoms with E-state index in [-0.39, 0.29) is 50.1 Å². The van der Waals surface area contributed by atoms with E-state index in [0.29, 0.717) is 40.4 Å². The number of rotatable bonds is 35. The number of aliphatic hydroxyl groups is 3. The summed E-state index contributed by atoms with van der Waals surface area (Å²) in [4.78, 5) is 160. The predicted molar refractivity (Wildman–Crippen MR) is 324 cm³/mol. The molecule has 2 aromatic heterocycles. The Bertz CT molecular complexity index is 3250. The molecule has 30 heteroatoms. The first-order valence-electron chi connectivity index (χ1n) is 29.0. The number of aromatic hydroxyl groups is 1. The highest BCUT2D eigenvalue weighted by Gasteiger charge is 2.37. The molecule has 0 aliphatic carbocycles. The molecular weight excluding hydrogens is 1170 g/mol. The van der Waals surface area contributed by atoms with Gasteiger partial charge in [0, 0.05) is 61.6 Å². The first kappa shape index (κ1) is 71.0. The number of aliphatic hydroxyl groups excluding tert-OH is 3. The van der Waals surface area contributed by atoms with Crippen molar-refractivity contribution >= 4 is 75.9 Å². The van der Waals surface area contributed by atoms with Crippen molar-refractivity contribution in [3.63, 3.8) is 0 Å². The molecule has 0 aliphatic heterocycles. The number of nitrogens with two attached hydrogens (primary N) is 1. The van der Waals surface area contributed by atoms with Crippen LogP contribution >= 0.6 is 0 Å². The highest BCUT2D eigenvalue weighted by molar-refractivity contribution is 5.99. The number of phenols is 1. The summed E-state index contributed by atoms with van der Waals surface area (Å²) >= 11 is 0. The second-order valence-corrected chi connectivity index (χ2v) is 21.7. The second-order valence-electron chi connectivity index (χ2n) is 21.7. The van der Waals surface area contributed by atoms with Crippen LogP contribution in [0.2, 0.25) is 0 Å². The zero-order chi connectivity index (χ0) is 66.2. The first-order valence-corrected chi connectivity index (χ1v) is 29.0. The fourth-order valence-electron chi connectivity index (χ4n) is 9.32. The van der Waals surface area contributed by atoms with Gasteiger partial charge in [-0.15, -0.1) is 0 Å². The Labute approximate surface area is 517 Å². The van der Waals surface area contributed by atoms with Crippen molar-refractivity contribution in [2.24, 2.45) is 5.73 Å². The van der Waals surface area contributed by atoms with Crippen LogP contribution in [-0.4, -0.2) is 191 Å². The number of aromatic nitrogens is 3. The predicted octanol–water partition coefficient (Wildman–Crippen LogP) is -3.26. The van der Waals surface area contributed by atoms with Gasteiger partial charge in [0.2, 0.25) is 59.1 Å². The van der Waals surface area contributed by atoms with Crippen LogP contribution in [-0.2, 0) is 78.4 Å². The molecule has 5 rings (SSSR count). The summed E-state index contributed by atoms with van der Waals surface area (Å²) in [6.45, 7) is 5.21. The third-order valence-electron chi connectivity index (χ3n) is 14.3. The lowest BCUT2D eigenvalue weighted by Crippen LogP contribution is -2.63. The molecule has 0 bridgehead atoms. The zero-order valence-corrected chi connectivity index (χ0v) is 50.3. The van der Waals surface area contributed by atoms with Crippen LogP contribution in [0.15, 0.2) is 97.6 Å². The molecule has 0 saturated carbocycles. The number of carbonyl (C=O) groups is 11. The van der Waals surface area contributed by atoms with Gasteiger partial charge in [-0.3, -0.25) is 52.7 Å². The lowest BCUT2D eigenvalue weighted by atomic mass is 10.0. The van der Waals surface area contributed by atoms with Gasteiger partial charge >= 0.3 is 5.97 Å². The zero-order valence-electron chi connectivity index (χ0n) is 50.3. The number of H-pyrrole nitrogens is 2. The van der Waals surface area contributed by atoms with Crippen LogP contribution in [0.5, 0.6) is 5.75 Å². The minimum atomic E-state index is -1.90. The van der Waals surface area contributed by atoms with Gasteiger partial charge in [0.25, 0.3) is 0 Å². The Kier molecular flexibility index (Phi) is 27.4. The SMILES string of the molecule is CC(=O)N[C@H](C(=O)N[C@@H](Cc1ccc(O)cc1)C(=O)N[C@@H](C)C(=O)N[C@@H](Cc1c[nH]c2ccccc12)C(=O)N[C@@H](Cc1cnc[nH]1)C(=O)N[C@H](C(=O)N[C@@H](CO)C(=O)N[C@@H](Cc1ccccc1)C(=O)N[C@@H](CCCCN)C(=O)N[C@@H](C)C(=O)O)[C@@H](C)O)[C@@H](C)O. The maximum Gasteiger partial charge on any atom is 0.325 e. The summed E-state index contributed by atoms with van der Waals surface area (Å²) < 4.78 is 0. The summed E-state index contributed by atoms with van der Waals surface area (Å²) in [6.07, 6.45) is 1.03. The van der Waals surface area contributed by atoms with Crippen molar-refractivity contribution < 1.29 is 78.3 Å². The molecule has 3 aromatic carbocycles. The fraction of sp³-hybridized carbons (Fsp3) is 0.433. The van der Waals surface area contributed by atoms with Gasteiger partial charge in [-0.2, -0.15) is 0 Å². The average molecular weight is 1250 g/mol. The molecule has 30 nitrogen and oxygen atoms in total. The smallest absolute Gasteiger partial charge is 0.325 e. The summed E-state index contributed by atoms with van der Waals surface area (Å²) in [6, 6.07) is 5.72. The molecule has 486 valence electrons. The molecule has 0 spiro atoms. The molecule has 5 aromatic rings. The number of nitrogens with zero attached hydrogens (tertiary/aromatic N) is 1. The Hall–Kier alpha value is -9.78. The number of amides is 10. The number of hydrogen-bond acceptors (Lipinski definition) is 17. The first-order chi connectivity index (χ1) is 42.8. The van der Waals surface area contributed by atoms with Gasteiger partial charge in [-0.05, 0) is 88.4 Å². The van der Waals surface area contributed by atoms with Gasteiger partial charge in [0.15, 0.2) is 0 Å². The number of hydrogen-bond donors (Lipinski definition) is 18. The minimum absolute atomic E-state index is 0.0399. The second kappa shape index (κ2) is 34.7. The molecule has 10 amide bonds. The standard InChI is InChI=1S/C60H80N14O16/c1-31(65-53(82)44(24-37-18-20-40(79)21-19-37)72-58(87)49(33(3)76)67-35(5)78)51(80)69-46(25-38-27-63-42-16-10-9-15-41(38)42)55(84)71-47(26-39-28-62-30-64-39)56(85)74-50(34(4)77)59(88)73-48(29-75)57(86)70-45(23-36-13-7-6-8-14-36)54(83)68-43(17-11-12-22-61)52(81)66-32(2)60(89)90/h6-10,13-16,18-21,27-28,30-34,43-50,63,75-77,79H,11-12,17,22-26,29,61H2,1-5H3,(H,62,64)(H,65,82)(H,66,81)(H,67,78)(H,68,83)(H,69,80)(H,70,86)(H,71,84)(H,72,87)(H,73,88)(H,74,85)(H,89,90)/t31-,32-,33+,34+,43-,44-,45-,46-,47-,48-,49-,50-/m0/s1. The van der Waals surface area contributed by atoms with Gasteiger partial charge in [0.1, 0.15) is 66.2 Å². The van der Waals surface area contributed by atoms with Crippen molar-refractivity contribution in [2.45, 2.75) is 152 Å². The van der Waals surface area contributed by atoms with Gasteiger partial charge < -0.3 is 94.4 Å². The molecule has 0 aliphatic rings. The van der Waals surface area contributed by atoms with Crippen molar-refractivity contribution in [1.29, 1.82) is 0 Å². The number of benzene rings is 3. The molecule has 0 saturated heterocycles. The Morgan fingerprint density at radius 3 is 1.56 bits per heavy atom. The monoisotopic (exact) mass is 1250 g/mol. The number of aromatic amines is 2. The quantitative estimate of drug-likeness (QED) is 0.0177. The molecule has 2 heterocycles. The number of carboxylic acids is 1. The van der Waals surface area contributed by atoms with E-state index in [1.165, 1.54) is 57.6 Å². The van der Waals surface area contributed by atoms with Crippen LogP contribution in [0, 0.1) is 0 Å². The highest BCUT2D eigenvalue weighted by atomic mass is 16.4. The number of nitrogens with one attached hydrogen (secondary N) is 12. The molecular formula is C60H80N14O16. The maximum atomic E-state index is 14.7. The number of fused-ring (bicyclic) bond motifs is 1. The summed E-state index contributed by atoms with van der Waals surface area (Å²) in [7, 11) is 0. The molecule has 90 heavy (non-hydrogen) atoms. The van der Waals surface area contributed by atoms with Crippen LogP contribution in [0.25, 0.3) is 10.9 Å². The van der Waals surface area contributed by atoms with Crippen LogP contribution in [0.4, 0.5) is 0 Å². The lowest BCUT2D eigenvalue weighted by molar-refractivity contribution is -0.142. The normalized spacial score (nSPS) is 15.2. The fourth-order valence-corrected chi connectivity index (χ4v) is 9.32. The van der Waals surface area contributed by atoms with E-state index >= 15 is 0 Å². The number of imidazole rings is 1. The third kappa shape index (κ3) is 21.8. The molecule has 0 radical (unpaired) electrons. The maximum absolute atomic E-state index is 14.7. The number of carbonyl (C=O) groups excluding carboxylic acids is 10. The van der Waals surface area contributed by atoms with Gasteiger partial charge in [-0.1, -0.05) is 60.7 Å². The lowest BCUT2D eigenvalue weighted by Gasteiger charge is -2.28. The Morgan fingerprint density at radius 1 is 0.511 bits per heavy atom. The van der Waals surface area contributed by atoms with E-state index in [0.717, 1.165) is 13.8 Å². The number of carboxylic acid groups (broad SMARTS) is 1. The summed E-state index contributed by atoms with van der Waals surface area (Å²) in [5.41, 5.74) is 8.13. The van der Waals surface area contributed by atoms with E-state index in [9.17, 15) is 78.3 Å². The van der Waals surface area contributed by atoms with E-state index in [2.05, 4.69) is 68.1 Å². The Morgan fingerprint density at radius 2 is 0.989 bits per heavy atom. The summed E-state index contributed by atoms with van der Waals surface area (Å²) in [5, 5.41) is 76.5. The van der Waals surface area contributed by atoms with Crippen LogP contribution in [0.3, 0.4) is 0 Å². The van der Waals surface area contributed by atoms with Crippen molar-refractivity contribution in [3.05, 3.63) is 120 Å².